The Bertz CT molecular complexity index is 7700. The minimum Gasteiger partial charge on any atom is -0.550 e. The maximum absolute atomic E-state index is 12.0. The van der Waals surface area contributed by atoms with Gasteiger partial charge in [0.2, 0.25) is 11.0 Å². The number of fused-ring (bicyclic) bond motifs is 2. The average Bonchev–Trinajstić information content (AvgIpc) is 1.60. The van der Waals surface area contributed by atoms with Gasteiger partial charge in [0, 0.05) is 141 Å². The molecule has 0 radical (unpaired) electrons. The number of carbonyl (C=O) groups is 5. The van der Waals surface area contributed by atoms with Gasteiger partial charge in [-0.15, -0.1) is 0 Å². The molecule has 6 aliphatic heterocycles. The molecule has 0 amide bonds. The number of ketones is 2. The van der Waals surface area contributed by atoms with Crippen molar-refractivity contribution in [1.29, 1.82) is 0 Å². The molecule has 0 aliphatic carbocycles. The van der Waals surface area contributed by atoms with Crippen LogP contribution in [0.25, 0.3) is 88.3 Å². The van der Waals surface area contributed by atoms with Crippen molar-refractivity contribution in [2.75, 3.05) is 0 Å². The Balaban J connectivity index is 0.000000136. The molecule has 742 valence electrons. The van der Waals surface area contributed by atoms with Crippen LogP contribution < -0.4 is 123 Å². The number of benzene rings is 8. The molecule has 14 heterocycles. The number of hydrogen-bond donors (Lipinski definition) is 16. The number of rotatable bonds is 13. The number of aliphatic imine (C=N–C) groups is 1. The average molecular weight is 1990 g/mol. The first-order valence-electron chi connectivity index (χ1n) is 46.5. The predicted octanol–water partition coefficient (Wildman–Crippen LogP) is 4.49. The van der Waals surface area contributed by atoms with Crippen LogP contribution in [0.3, 0.4) is 0 Å². The second-order valence-electron chi connectivity index (χ2n) is 35.7. The minimum atomic E-state index is -1.08. The summed E-state index contributed by atoms with van der Waals surface area (Å²) in [6.07, 6.45) is 3.05. The van der Waals surface area contributed by atoms with E-state index in [1.165, 1.54) is 4.57 Å². The zero-order chi connectivity index (χ0) is 101. The SMILES string of the molecule is CC(=O)[O-].CC(C)=NC1CCn2c(=O)[nH]c3cccc(c32)C1O.CC(C)NC1CCn2c(=O)[nH]c3cccc(c32)C1O.CC(C)NC1CCn2c(=O)[nH]c3cccc(c32)C1O.NC1CCn2c(=O)[n-]c3cccc(c32)C1O.O=C(Cl)CCCn1c(=O)[nH]c2ccccc21.O=C(O)CCCn1c(=O)[nH]c2ccccc21.O=C1/C(=N\O)CCn2c(=O)[nH]c3cccc1c32.O=C1CCCn2c(=O)[nH]c3cccc1c32.[K+]. The summed E-state index contributed by atoms with van der Waals surface area (Å²) < 4.78 is 13.1. The third-order valence-electron chi connectivity index (χ3n) is 25.0. The number of carboxylic acid groups (broad SMARTS) is 2. The molecule has 0 fully saturated rings. The first kappa shape index (κ1) is 106. The summed E-state index contributed by atoms with van der Waals surface area (Å²) in [6.45, 7) is 17.3. The van der Waals surface area contributed by atoms with Crippen molar-refractivity contribution >= 4 is 140 Å². The molecule has 0 bridgehead atoms. The first-order chi connectivity index (χ1) is 67.5. The minimum absolute atomic E-state index is 0. The monoisotopic (exact) mass is 1990 g/mol. The fraction of sp³-hybridized carbons (Fsp3) is 0.364. The molecule has 0 saturated carbocycles. The fourth-order valence-electron chi connectivity index (χ4n) is 18.8. The molecule has 0 saturated heterocycles. The molecule has 43 heteroatoms. The topological polar surface area (TPSA) is 605 Å². The molecule has 6 aliphatic rings. The number of aliphatic hydroxyl groups excluding tert-OH is 4. The van der Waals surface area contributed by atoms with Gasteiger partial charge in [-0.05, 0) is 167 Å². The molecular formula is C99H112ClKN21O20-. The van der Waals surface area contributed by atoms with E-state index in [0.29, 0.717) is 130 Å². The number of nitrogens with one attached hydrogen (secondary N) is 9. The number of Topliss-reactive ketones (excluding diaryl/α,β-unsaturated/α-hetero) is 2. The zero-order valence-corrected chi connectivity index (χ0v) is 83.4. The number of hydrogen-bond acceptors (Lipinski definition) is 24. The summed E-state index contributed by atoms with van der Waals surface area (Å²) in [7, 11) is 0. The van der Waals surface area contributed by atoms with Gasteiger partial charge in [-0.25, -0.2) is 33.6 Å². The van der Waals surface area contributed by atoms with E-state index in [-0.39, 0.29) is 163 Å². The summed E-state index contributed by atoms with van der Waals surface area (Å²) >= 11 is 5.24. The maximum atomic E-state index is 12.0. The molecular weight excluding hydrogens is 1880 g/mol. The number of carbonyl (C=O) groups excluding carboxylic acids is 4. The van der Waals surface area contributed by atoms with E-state index in [1.807, 2.05) is 123 Å². The largest absolute Gasteiger partial charge is 1.00 e. The van der Waals surface area contributed by atoms with Crippen molar-refractivity contribution in [3.8, 4) is 0 Å². The Morgan fingerprint density at radius 2 is 0.838 bits per heavy atom. The van der Waals surface area contributed by atoms with Gasteiger partial charge in [0.1, 0.15) is 11.8 Å². The Morgan fingerprint density at radius 1 is 0.458 bits per heavy atom. The van der Waals surface area contributed by atoms with Gasteiger partial charge in [0.05, 0.1) is 102 Å². The third kappa shape index (κ3) is 23.8. The van der Waals surface area contributed by atoms with Gasteiger partial charge in [0.15, 0.2) is 11.5 Å². The van der Waals surface area contributed by atoms with E-state index in [9.17, 15) is 78.0 Å². The van der Waals surface area contributed by atoms with Gasteiger partial charge in [-0.1, -0.05) is 124 Å². The van der Waals surface area contributed by atoms with E-state index in [0.717, 1.165) is 120 Å². The molecule has 8 aromatic heterocycles. The molecule has 0 spiro atoms. The number of nitrogens with zero attached hydrogens (tertiary/aromatic N) is 11. The van der Waals surface area contributed by atoms with Crippen LogP contribution in [0.15, 0.2) is 206 Å². The molecule has 16 aromatic rings. The summed E-state index contributed by atoms with van der Waals surface area (Å²) in [6, 6.07) is 47.6. The second kappa shape index (κ2) is 47.0. The summed E-state index contributed by atoms with van der Waals surface area (Å²) in [5, 5.41) is 77.4. The Hall–Kier alpha value is -13.3. The quantitative estimate of drug-likeness (QED) is 0.0248. The van der Waals surface area contributed by atoms with Crippen molar-refractivity contribution in [2.45, 2.75) is 232 Å². The second-order valence-corrected chi connectivity index (χ2v) is 36.1. The van der Waals surface area contributed by atoms with E-state index in [4.69, 9.17) is 37.5 Å². The van der Waals surface area contributed by atoms with Crippen LogP contribution in [0.1, 0.15) is 186 Å². The van der Waals surface area contributed by atoms with Crippen molar-refractivity contribution in [3.63, 3.8) is 0 Å². The molecule has 22 rings (SSSR count). The molecule has 41 nitrogen and oxygen atoms in total. The van der Waals surface area contributed by atoms with Gasteiger partial charge in [-0.2, -0.15) is 0 Å². The number of H-pyrrole nitrogens is 7. The standard InChI is InChI=1S/2C14H19N3O2.C14H17N3O2.C11H11ClN2O2.C11H9N3O3.C11H13N3O2.C11H12N2O3.C11H10N2O2.C2H4O2.K/c3*1-8(2)15-11-6-7-17-12-9(13(11)18)4-3-5-10(12)16-14(17)19;12-10(15)6-3-7-14-9-5-2-1-4-8(9)13-11(14)16;15-10-6-2-1-3-7-9(6)14(11(16)12-7)5-4-8(10)13-17;12-7-4-5-14-9-6(10(7)15)2-1-3-8(9)13-11(14)16;14-10(15)6-3-7-13-9-5-2-1-4-8(9)12-11(13)16;14-9-5-2-6-13-10-7(9)3-1-4-8(10)12-11(13)15;1-2(3)4;/h2*3-5,8,11,13,15,18H,6-7H2,1-2H3,(H,16,19);3-5,11,13,18H,6-7H2,1-2H3,(H,16,19);1-2,4-5H,3,6-7H2,(H,13,16);1-3,17H,4-5H2,(H,12,16);1-3,7,10,15H,4-5,12H2,(H,13,16);1-2,4-5H,3,6-7H2,(H,12,16)(H,14,15);1,3-4H,2,5-6H2,(H,12,15);1H3,(H,3,4);/q;;;;;;;;;+1/p-2/b;;;;13-8-;;;;;. The third-order valence-corrected chi connectivity index (χ3v) is 25.2. The zero-order valence-electron chi connectivity index (χ0n) is 79.5. The number of halogens is 1. The number of aliphatic carboxylic acids is 2. The van der Waals surface area contributed by atoms with Gasteiger partial charge >= 0.3 is 97.2 Å². The van der Waals surface area contributed by atoms with Crippen LogP contribution in [0.4, 0.5) is 0 Å². The number of aryl methyl sites for hydroxylation is 8. The summed E-state index contributed by atoms with van der Waals surface area (Å²) in [5.74, 6) is -2.12. The Kier molecular flexibility index (Phi) is 35.1. The van der Waals surface area contributed by atoms with Gasteiger partial charge in [-0.3, -0.25) is 60.9 Å². The van der Waals surface area contributed by atoms with Crippen LogP contribution in [0, 0.1) is 0 Å². The Labute approximate surface area is 854 Å². The van der Waals surface area contributed by atoms with Crippen LogP contribution in [0.2, 0.25) is 0 Å². The van der Waals surface area contributed by atoms with Gasteiger partial charge < -0.3 is 101 Å². The predicted molar refractivity (Wildman–Crippen MR) is 532 cm³/mol. The number of carboxylic acids is 2. The van der Waals surface area contributed by atoms with Crippen molar-refractivity contribution < 1.29 is 111 Å². The van der Waals surface area contributed by atoms with Crippen LogP contribution in [-0.2, 0) is 66.7 Å². The van der Waals surface area contributed by atoms with Crippen molar-refractivity contribution in [2.24, 2.45) is 15.9 Å². The molecule has 8 aromatic carbocycles. The number of oxime groups is 1. The van der Waals surface area contributed by atoms with Crippen LogP contribution in [0.5, 0.6) is 0 Å². The van der Waals surface area contributed by atoms with Crippen LogP contribution >= 0.6 is 11.6 Å². The molecule has 8 atom stereocenters. The smallest absolute Gasteiger partial charge is 0.550 e. The van der Waals surface area contributed by atoms with Crippen LogP contribution in [-0.4, -0.2) is 179 Å². The number of nitrogens with two attached hydrogens (primary N) is 1. The summed E-state index contributed by atoms with van der Waals surface area (Å²) in [5.41, 5.74) is 22.0. The number of imidazole rings is 8. The van der Waals surface area contributed by atoms with E-state index < -0.39 is 36.4 Å². The number of aromatic nitrogens is 16. The normalized spacial score (nSPS) is 18.3. The summed E-state index contributed by atoms with van der Waals surface area (Å²) in [4.78, 5) is 176. The van der Waals surface area contributed by atoms with Crippen molar-refractivity contribution in [1.82, 2.24) is 87.0 Å². The van der Waals surface area contributed by atoms with E-state index in [2.05, 4.69) is 88.3 Å². The van der Waals surface area contributed by atoms with Crippen molar-refractivity contribution in [3.05, 3.63) is 275 Å². The fourth-order valence-corrected chi connectivity index (χ4v) is 18.9. The van der Waals surface area contributed by atoms with E-state index in [1.54, 1.807) is 80.5 Å². The number of para-hydroxylation sites is 10. The molecule has 142 heavy (non-hydrogen) atoms. The Morgan fingerprint density at radius 3 is 1.29 bits per heavy atom. The molecule has 17 N–H and O–H groups in total. The van der Waals surface area contributed by atoms with Gasteiger partial charge in [0.25, 0.3) is 0 Å². The van der Waals surface area contributed by atoms with E-state index >= 15 is 0 Å². The first-order valence-corrected chi connectivity index (χ1v) is 46.8. The number of aliphatic hydroxyl groups is 4. The maximum Gasteiger partial charge on any atom is 1.00 e. The number of aromatic amines is 7. The molecule has 8 unspecified atom stereocenters.